The Morgan fingerprint density at radius 3 is 2.52 bits per heavy atom. The van der Waals surface area contributed by atoms with Crippen molar-refractivity contribution in [3.05, 3.63) is 29.8 Å². The van der Waals surface area contributed by atoms with Crippen molar-refractivity contribution in [2.45, 2.75) is 18.1 Å². The fraction of sp³-hybridized carbons (Fsp3) is 0.500. The number of ether oxygens (including phenoxy) is 1. The Bertz CT molecular complexity index is 536. The number of carbonyl (C=O) groups is 1. The number of hydrogen-bond donors (Lipinski definition) is 1. The molecule has 1 aromatic rings. The van der Waals surface area contributed by atoms with E-state index in [4.69, 9.17) is 4.74 Å². The molecule has 2 fully saturated rings. The fourth-order valence-electron chi connectivity index (χ4n) is 2.98. The molecule has 7 heteroatoms. The predicted octanol–water partition coefficient (Wildman–Crippen LogP) is 1.80. The number of amides is 1. The predicted molar refractivity (Wildman–Crippen MR) is 70.0 cm³/mol. The van der Waals surface area contributed by atoms with E-state index in [1.165, 1.54) is 12.1 Å². The highest BCUT2D eigenvalue weighted by Gasteiger charge is 2.46. The van der Waals surface area contributed by atoms with Crippen molar-refractivity contribution >= 4 is 11.6 Å². The second-order valence-electron chi connectivity index (χ2n) is 5.42. The van der Waals surface area contributed by atoms with Gasteiger partial charge in [0, 0.05) is 12.2 Å². The van der Waals surface area contributed by atoms with E-state index >= 15 is 0 Å². The number of morpholine rings is 1. The SMILES string of the molecule is O=C1COCC2(CCNC2)N1c1ccc(C(F)(F)F)cc1. The van der Waals surface area contributed by atoms with Gasteiger partial charge in [-0.05, 0) is 37.2 Å². The summed E-state index contributed by atoms with van der Waals surface area (Å²) in [6.45, 7) is 1.70. The lowest BCUT2D eigenvalue weighted by Gasteiger charge is -2.43. The monoisotopic (exact) mass is 300 g/mol. The molecule has 0 bridgehead atoms. The molecule has 3 rings (SSSR count). The molecule has 2 aliphatic heterocycles. The van der Waals surface area contributed by atoms with Gasteiger partial charge in [0.15, 0.2) is 0 Å². The van der Waals surface area contributed by atoms with Gasteiger partial charge in [0.2, 0.25) is 0 Å². The molecule has 1 unspecified atom stereocenters. The summed E-state index contributed by atoms with van der Waals surface area (Å²) in [7, 11) is 0. The molecule has 1 atom stereocenters. The average Bonchev–Trinajstić information content (AvgIpc) is 2.87. The van der Waals surface area contributed by atoms with Gasteiger partial charge in [-0.3, -0.25) is 4.79 Å². The molecule has 1 N–H and O–H groups in total. The molecule has 1 aromatic carbocycles. The van der Waals surface area contributed by atoms with E-state index in [1.54, 1.807) is 4.90 Å². The number of halogens is 3. The molecule has 114 valence electrons. The molecule has 0 saturated carbocycles. The van der Waals surface area contributed by atoms with Crippen molar-refractivity contribution in [2.24, 2.45) is 0 Å². The van der Waals surface area contributed by atoms with Crippen LogP contribution in [-0.4, -0.2) is 37.7 Å². The van der Waals surface area contributed by atoms with Crippen LogP contribution in [0.3, 0.4) is 0 Å². The summed E-state index contributed by atoms with van der Waals surface area (Å²) in [5.41, 5.74) is -0.722. The summed E-state index contributed by atoms with van der Waals surface area (Å²) in [4.78, 5) is 13.8. The summed E-state index contributed by atoms with van der Waals surface area (Å²) in [5, 5.41) is 3.18. The van der Waals surface area contributed by atoms with Crippen molar-refractivity contribution in [1.29, 1.82) is 0 Å². The highest BCUT2D eigenvalue weighted by atomic mass is 19.4. The minimum absolute atomic E-state index is 0.0389. The quantitative estimate of drug-likeness (QED) is 0.860. The standard InChI is InChI=1S/C14H15F3N2O2/c15-14(16,17)10-1-3-11(4-2-10)19-12(20)7-21-9-13(19)5-6-18-8-13/h1-4,18H,5-9H2. The maximum Gasteiger partial charge on any atom is 0.416 e. The first kappa shape index (κ1) is 14.3. The van der Waals surface area contributed by atoms with Gasteiger partial charge in [-0.2, -0.15) is 13.2 Å². The van der Waals surface area contributed by atoms with Crippen molar-refractivity contribution in [3.63, 3.8) is 0 Å². The van der Waals surface area contributed by atoms with E-state index in [0.29, 0.717) is 18.8 Å². The van der Waals surface area contributed by atoms with Gasteiger partial charge >= 0.3 is 6.18 Å². The van der Waals surface area contributed by atoms with Crippen LogP contribution in [0.1, 0.15) is 12.0 Å². The maximum atomic E-state index is 12.6. The summed E-state index contributed by atoms with van der Waals surface area (Å²) >= 11 is 0. The van der Waals surface area contributed by atoms with Crippen molar-refractivity contribution < 1.29 is 22.7 Å². The molecule has 1 spiro atoms. The Labute approximate surface area is 119 Å². The maximum absolute atomic E-state index is 12.6. The molecule has 4 nitrogen and oxygen atoms in total. The van der Waals surface area contributed by atoms with E-state index in [-0.39, 0.29) is 12.5 Å². The zero-order valence-electron chi connectivity index (χ0n) is 11.2. The summed E-state index contributed by atoms with van der Waals surface area (Å²) in [5.74, 6) is -0.218. The third-order valence-electron chi connectivity index (χ3n) is 3.99. The van der Waals surface area contributed by atoms with Crippen LogP contribution in [0.15, 0.2) is 24.3 Å². The number of rotatable bonds is 1. The summed E-state index contributed by atoms with van der Waals surface area (Å²) in [6, 6.07) is 4.72. The van der Waals surface area contributed by atoms with Gasteiger partial charge in [0.05, 0.1) is 17.7 Å². The third-order valence-corrected chi connectivity index (χ3v) is 3.99. The number of alkyl halides is 3. The number of nitrogens with zero attached hydrogens (tertiary/aromatic N) is 1. The molecule has 0 radical (unpaired) electrons. The number of carbonyl (C=O) groups excluding carboxylic acids is 1. The fourth-order valence-corrected chi connectivity index (χ4v) is 2.98. The average molecular weight is 300 g/mol. The van der Waals surface area contributed by atoms with E-state index in [9.17, 15) is 18.0 Å². The minimum Gasteiger partial charge on any atom is -0.369 e. The lowest BCUT2D eigenvalue weighted by Crippen LogP contribution is -2.61. The van der Waals surface area contributed by atoms with Gasteiger partial charge in [0.1, 0.15) is 6.61 Å². The smallest absolute Gasteiger partial charge is 0.369 e. The Balaban J connectivity index is 1.94. The molecule has 2 aliphatic rings. The topological polar surface area (TPSA) is 41.6 Å². The van der Waals surface area contributed by atoms with E-state index in [2.05, 4.69) is 5.32 Å². The summed E-state index contributed by atoms with van der Waals surface area (Å²) < 4.78 is 43.2. The van der Waals surface area contributed by atoms with Crippen LogP contribution in [0.5, 0.6) is 0 Å². The number of anilines is 1. The molecule has 1 amide bonds. The molecule has 2 saturated heterocycles. The van der Waals surface area contributed by atoms with E-state index < -0.39 is 17.3 Å². The first-order valence-electron chi connectivity index (χ1n) is 6.71. The lowest BCUT2D eigenvalue weighted by atomic mass is 9.94. The number of hydrogen-bond acceptors (Lipinski definition) is 3. The normalized spacial score (nSPS) is 26.6. The molecular formula is C14H15F3N2O2. The first-order chi connectivity index (χ1) is 9.92. The van der Waals surface area contributed by atoms with Crippen LogP contribution >= 0.6 is 0 Å². The van der Waals surface area contributed by atoms with Crippen LogP contribution in [0, 0.1) is 0 Å². The van der Waals surface area contributed by atoms with Crippen LogP contribution in [-0.2, 0) is 15.7 Å². The summed E-state index contributed by atoms with van der Waals surface area (Å²) in [6.07, 6.45) is -3.65. The Hall–Kier alpha value is -1.60. The molecule has 21 heavy (non-hydrogen) atoms. The highest BCUT2D eigenvalue weighted by molar-refractivity contribution is 5.96. The molecule has 0 aliphatic carbocycles. The van der Waals surface area contributed by atoms with Crippen molar-refractivity contribution in [1.82, 2.24) is 5.32 Å². The zero-order valence-corrected chi connectivity index (χ0v) is 11.2. The van der Waals surface area contributed by atoms with Gasteiger partial charge in [-0.15, -0.1) is 0 Å². The molecule has 0 aromatic heterocycles. The van der Waals surface area contributed by atoms with Gasteiger partial charge in [0.25, 0.3) is 5.91 Å². The lowest BCUT2D eigenvalue weighted by molar-refractivity contribution is -0.137. The van der Waals surface area contributed by atoms with Gasteiger partial charge in [-0.25, -0.2) is 0 Å². The van der Waals surface area contributed by atoms with Crippen LogP contribution < -0.4 is 10.2 Å². The van der Waals surface area contributed by atoms with E-state index in [1.807, 2.05) is 0 Å². The van der Waals surface area contributed by atoms with Gasteiger partial charge < -0.3 is 15.0 Å². The highest BCUT2D eigenvalue weighted by Crippen LogP contribution is 2.35. The zero-order chi connectivity index (χ0) is 15.1. The number of benzene rings is 1. The van der Waals surface area contributed by atoms with E-state index in [0.717, 1.165) is 25.1 Å². The Morgan fingerprint density at radius 1 is 1.24 bits per heavy atom. The van der Waals surface area contributed by atoms with Crippen molar-refractivity contribution in [2.75, 3.05) is 31.2 Å². The number of nitrogens with one attached hydrogen (secondary N) is 1. The van der Waals surface area contributed by atoms with Crippen molar-refractivity contribution in [3.8, 4) is 0 Å². The van der Waals surface area contributed by atoms with Crippen LogP contribution in [0.4, 0.5) is 18.9 Å². The second-order valence-corrected chi connectivity index (χ2v) is 5.42. The molecular weight excluding hydrogens is 285 g/mol. The Morgan fingerprint density at radius 2 is 1.95 bits per heavy atom. The molecule has 2 heterocycles. The first-order valence-corrected chi connectivity index (χ1v) is 6.71. The minimum atomic E-state index is -4.37. The largest absolute Gasteiger partial charge is 0.416 e. The van der Waals surface area contributed by atoms with Gasteiger partial charge in [-0.1, -0.05) is 0 Å². The second kappa shape index (κ2) is 4.99. The van der Waals surface area contributed by atoms with Crippen LogP contribution in [0.25, 0.3) is 0 Å². The Kier molecular flexibility index (Phi) is 3.41. The van der Waals surface area contributed by atoms with Crippen LogP contribution in [0.2, 0.25) is 0 Å². The third kappa shape index (κ3) is 2.51.